The van der Waals surface area contributed by atoms with E-state index in [1.807, 2.05) is 24.5 Å². The monoisotopic (exact) mass is 330 g/mol. The maximum atomic E-state index is 10.3. The van der Waals surface area contributed by atoms with E-state index in [0.29, 0.717) is 0 Å². The van der Waals surface area contributed by atoms with Gasteiger partial charge in [-0.1, -0.05) is 0 Å². The smallest absolute Gasteiger partial charge is 0.335 e. The van der Waals surface area contributed by atoms with E-state index in [-0.39, 0.29) is 11.1 Å². The molecule has 2 heterocycles. The fourth-order valence-corrected chi connectivity index (χ4v) is 1.37. The maximum absolute atomic E-state index is 10.3. The van der Waals surface area contributed by atoms with Crippen LogP contribution in [0.25, 0.3) is 0 Å². The molecule has 8 heteroatoms. The summed E-state index contributed by atoms with van der Waals surface area (Å²) in [5, 5.41) is 19.1. The topological polar surface area (TPSA) is 137 Å². The number of carbonyl (C=O) groups is 4. The predicted octanol–water partition coefficient (Wildman–Crippen LogP) is 1.30. The normalized spacial score (nSPS) is 11.5. The summed E-state index contributed by atoms with van der Waals surface area (Å²) in [4.78, 5) is 43.7. The Morgan fingerprint density at radius 3 is 1.46 bits per heavy atom. The average Bonchev–Trinajstić information content (AvgIpc) is 3.24. The second kappa shape index (κ2) is 9.36. The Bertz CT molecular complexity index is 682. The van der Waals surface area contributed by atoms with E-state index in [9.17, 15) is 19.2 Å². The lowest BCUT2D eigenvalue weighted by Gasteiger charge is -1.94. The van der Waals surface area contributed by atoms with Crippen molar-refractivity contribution in [1.82, 2.24) is 10.3 Å². The van der Waals surface area contributed by atoms with Crippen LogP contribution in [0.15, 0.2) is 61.1 Å². The van der Waals surface area contributed by atoms with Gasteiger partial charge in [0.1, 0.15) is 0 Å². The van der Waals surface area contributed by atoms with Crippen molar-refractivity contribution < 1.29 is 29.4 Å². The number of nitrogens with one attached hydrogen (secondary N) is 2. The Morgan fingerprint density at radius 1 is 0.833 bits per heavy atom. The van der Waals surface area contributed by atoms with Crippen molar-refractivity contribution in [2.75, 3.05) is 0 Å². The van der Waals surface area contributed by atoms with Crippen LogP contribution in [0.2, 0.25) is 0 Å². The first-order valence-electron chi connectivity index (χ1n) is 6.57. The van der Waals surface area contributed by atoms with Crippen LogP contribution in [0.1, 0.15) is 20.7 Å². The molecule has 0 aliphatic carbocycles. The predicted molar refractivity (Wildman–Crippen MR) is 83.4 cm³/mol. The highest BCUT2D eigenvalue weighted by atomic mass is 16.4. The summed E-state index contributed by atoms with van der Waals surface area (Å²) < 4.78 is 0. The number of ketones is 1. The van der Waals surface area contributed by atoms with Crippen LogP contribution in [0, 0.1) is 0 Å². The number of aromatic amines is 1. The van der Waals surface area contributed by atoms with Crippen LogP contribution in [0.4, 0.5) is 0 Å². The number of benzene rings is 1. The molecule has 3 rings (SSSR count). The first-order valence-corrected chi connectivity index (χ1v) is 6.57. The Labute approximate surface area is 136 Å². The summed E-state index contributed by atoms with van der Waals surface area (Å²) >= 11 is 0. The Hall–Kier alpha value is -3.68. The highest BCUT2D eigenvalue weighted by Gasteiger charge is 2.12. The summed E-state index contributed by atoms with van der Waals surface area (Å²) in [6.45, 7) is 0. The number of carboxylic acid groups (broad SMARTS) is 2. The van der Waals surface area contributed by atoms with E-state index in [1.54, 1.807) is 0 Å². The summed E-state index contributed by atoms with van der Waals surface area (Å²) in [5.74, 6) is -3.14. The third-order valence-corrected chi connectivity index (χ3v) is 2.55. The lowest BCUT2D eigenvalue weighted by atomic mass is 10.1. The minimum absolute atomic E-state index is 0.0833. The number of H-pyrrole nitrogens is 1. The summed E-state index contributed by atoms with van der Waals surface area (Å²) in [7, 11) is 0. The van der Waals surface area contributed by atoms with Crippen LogP contribution in [0.3, 0.4) is 0 Å². The second-order valence-electron chi connectivity index (χ2n) is 4.24. The van der Waals surface area contributed by atoms with Gasteiger partial charge in [0, 0.05) is 24.7 Å². The van der Waals surface area contributed by atoms with Gasteiger partial charge in [0.2, 0.25) is 5.78 Å². The fraction of sp³-hybridized carbons (Fsp3) is 0. The minimum Gasteiger partial charge on any atom is -0.478 e. The molecule has 1 aromatic heterocycles. The zero-order valence-electron chi connectivity index (χ0n) is 12.3. The largest absolute Gasteiger partial charge is 0.478 e. The second-order valence-corrected chi connectivity index (χ2v) is 4.24. The molecule has 1 amide bonds. The van der Waals surface area contributed by atoms with Gasteiger partial charge in [-0.2, -0.15) is 0 Å². The molecule has 0 unspecified atom stereocenters. The van der Waals surface area contributed by atoms with Crippen molar-refractivity contribution in [2.45, 2.75) is 0 Å². The van der Waals surface area contributed by atoms with Crippen molar-refractivity contribution in [2.24, 2.45) is 0 Å². The van der Waals surface area contributed by atoms with Crippen LogP contribution < -0.4 is 5.32 Å². The molecule has 1 aliphatic heterocycles. The number of rotatable bonds is 2. The molecule has 1 aliphatic rings. The number of aromatic nitrogens is 1. The molecule has 0 fully saturated rings. The summed E-state index contributed by atoms with van der Waals surface area (Å²) in [5.41, 5.74) is 0.167. The number of amides is 1. The quantitative estimate of drug-likeness (QED) is 0.613. The van der Waals surface area contributed by atoms with Crippen molar-refractivity contribution in [3.8, 4) is 0 Å². The molecule has 0 saturated carbocycles. The van der Waals surface area contributed by atoms with E-state index in [4.69, 9.17) is 10.2 Å². The van der Waals surface area contributed by atoms with Gasteiger partial charge in [-0.3, -0.25) is 9.59 Å². The fourth-order valence-electron chi connectivity index (χ4n) is 1.37. The molecular formula is C16H14N2O6. The van der Waals surface area contributed by atoms with E-state index >= 15 is 0 Å². The first-order chi connectivity index (χ1) is 11.4. The first kappa shape index (κ1) is 18.4. The van der Waals surface area contributed by atoms with Crippen LogP contribution >= 0.6 is 0 Å². The Kier molecular flexibility index (Phi) is 7.16. The molecule has 2 aromatic rings. The minimum atomic E-state index is -1.06. The third-order valence-electron chi connectivity index (χ3n) is 2.55. The molecule has 0 atom stereocenters. The van der Waals surface area contributed by atoms with Crippen molar-refractivity contribution in [3.05, 3.63) is 72.2 Å². The van der Waals surface area contributed by atoms with Gasteiger partial charge in [0.15, 0.2) is 0 Å². The molecule has 0 spiro atoms. The Balaban J connectivity index is 0.000000201. The van der Waals surface area contributed by atoms with Crippen LogP contribution in [-0.4, -0.2) is 38.8 Å². The van der Waals surface area contributed by atoms with Crippen molar-refractivity contribution >= 4 is 23.6 Å². The zero-order chi connectivity index (χ0) is 17.9. The molecule has 0 bridgehead atoms. The zero-order valence-corrected chi connectivity index (χ0v) is 12.3. The SMILES string of the molecule is O=C(O)c1ccc(C(=O)O)cc1.O=C1C=CNC1=O.c1cc[nH]c1. The van der Waals surface area contributed by atoms with Crippen molar-refractivity contribution in [3.63, 3.8) is 0 Å². The van der Waals surface area contributed by atoms with Gasteiger partial charge in [-0.05, 0) is 36.4 Å². The molecule has 8 nitrogen and oxygen atoms in total. The maximum Gasteiger partial charge on any atom is 0.335 e. The van der Waals surface area contributed by atoms with E-state index < -0.39 is 23.6 Å². The van der Waals surface area contributed by atoms with Gasteiger partial charge >= 0.3 is 11.9 Å². The molecule has 24 heavy (non-hydrogen) atoms. The van der Waals surface area contributed by atoms with Gasteiger partial charge in [-0.15, -0.1) is 0 Å². The summed E-state index contributed by atoms with van der Waals surface area (Å²) in [6, 6.07) is 8.91. The van der Waals surface area contributed by atoms with Gasteiger partial charge in [0.05, 0.1) is 11.1 Å². The average molecular weight is 330 g/mol. The number of hydrogen-bond acceptors (Lipinski definition) is 4. The van der Waals surface area contributed by atoms with Gasteiger partial charge in [0.25, 0.3) is 5.91 Å². The standard InChI is InChI=1S/C8H6O4.C4H3NO2.C4H5N/c9-7(10)5-1-2-6(4-3-5)8(11)12;6-3-1-2-5-4(3)7;1-2-4-5-3-1/h1-4H,(H,9,10)(H,11,12);1-2H,(H,5,6,7);1-5H. The molecule has 0 radical (unpaired) electrons. The number of carbonyl (C=O) groups excluding carboxylic acids is 2. The number of hydrogen-bond donors (Lipinski definition) is 4. The molecule has 124 valence electrons. The molecular weight excluding hydrogens is 316 g/mol. The van der Waals surface area contributed by atoms with Gasteiger partial charge in [-0.25, -0.2) is 9.59 Å². The van der Waals surface area contributed by atoms with E-state index in [2.05, 4.69) is 10.3 Å². The number of carboxylic acids is 2. The van der Waals surface area contributed by atoms with E-state index in [0.717, 1.165) is 0 Å². The van der Waals surface area contributed by atoms with Crippen LogP contribution in [-0.2, 0) is 9.59 Å². The molecule has 4 N–H and O–H groups in total. The number of aromatic carboxylic acids is 2. The van der Waals surface area contributed by atoms with Crippen molar-refractivity contribution in [1.29, 1.82) is 0 Å². The highest BCUT2D eigenvalue weighted by Crippen LogP contribution is 2.03. The van der Waals surface area contributed by atoms with Gasteiger partial charge < -0.3 is 20.5 Å². The Morgan fingerprint density at radius 2 is 1.29 bits per heavy atom. The third kappa shape index (κ3) is 6.39. The summed E-state index contributed by atoms with van der Waals surface area (Å²) in [6.07, 6.45) is 6.27. The van der Waals surface area contributed by atoms with Crippen LogP contribution in [0.5, 0.6) is 0 Å². The highest BCUT2D eigenvalue weighted by molar-refractivity contribution is 6.42. The molecule has 1 aromatic carbocycles. The van der Waals surface area contributed by atoms with E-state index in [1.165, 1.54) is 36.5 Å². The lowest BCUT2D eigenvalue weighted by Crippen LogP contribution is -2.17. The lowest BCUT2D eigenvalue weighted by molar-refractivity contribution is -0.133. The molecule has 0 saturated heterocycles.